The van der Waals surface area contributed by atoms with Gasteiger partial charge in [-0.15, -0.1) is 0 Å². The van der Waals surface area contributed by atoms with Crippen LogP contribution < -0.4 is 15.0 Å². The fraction of sp³-hybridized carbons (Fsp3) is 0.222. The number of para-hydroxylation sites is 1. The van der Waals surface area contributed by atoms with Crippen molar-refractivity contribution in [2.45, 2.75) is 0 Å². The maximum atomic E-state index is 8.60. The smallest absolute Gasteiger partial charge is 0.171 e. The highest BCUT2D eigenvalue weighted by Gasteiger charge is 2.12. The molecule has 0 unspecified atom stereocenters. The number of benzene rings is 1. The van der Waals surface area contributed by atoms with Crippen molar-refractivity contribution in [2.75, 3.05) is 14.2 Å². The van der Waals surface area contributed by atoms with Crippen LogP contribution in [0.25, 0.3) is 0 Å². The van der Waals surface area contributed by atoms with Gasteiger partial charge in [0.2, 0.25) is 0 Å². The SMILES string of the molecule is COc1cccc(C(=N)NO)c1OC. The van der Waals surface area contributed by atoms with Gasteiger partial charge in [-0.1, -0.05) is 6.07 Å². The summed E-state index contributed by atoms with van der Waals surface area (Å²) in [4.78, 5) is 0. The van der Waals surface area contributed by atoms with Crippen molar-refractivity contribution in [3.63, 3.8) is 0 Å². The fourth-order valence-electron chi connectivity index (χ4n) is 1.14. The zero-order valence-corrected chi connectivity index (χ0v) is 8.00. The molecule has 0 aliphatic rings. The zero-order valence-electron chi connectivity index (χ0n) is 8.00. The first-order chi connectivity index (χ1) is 6.74. The average molecular weight is 196 g/mol. The van der Waals surface area contributed by atoms with E-state index in [9.17, 15) is 0 Å². The third kappa shape index (κ3) is 1.77. The van der Waals surface area contributed by atoms with Crippen LogP contribution in [0.2, 0.25) is 0 Å². The highest BCUT2D eigenvalue weighted by atomic mass is 16.5. The number of nitrogens with one attached hydrogen (secondary N) is 2. The Bertz CT molecular complexity index is 339. The van der Waals surface area contributed by atoms with Gasteiger partial charge < -0.3 is 9.47 Å². The molecule has 0 aromatic heterocycles. The maximum Gasteiger partial charge on any atom is 0.171 e. The van der Waals surface area contributed by atoms with Crippen LogP contribution in [-0.4, -0.2) is 25.3 Å². The van der Waals surface area contributed by atoms with Gasteiger partial charge in [0.25, 0.3) is 0 Å². The molecule has 1 aromatic rings. The molecule has 0 spiro atoms. The van der Waals surface area contributed by atoms with Gasteiger partial charge in [-0.2, -0.15) is 0 Å². The molecule has 0 heterocycles. The van der Waals surface area contributed by atoms with E-state index < -0.39 is 0 Å². The molecule has 0 amide bonds. The minimum atomic E-state index is -0.138. The minimum Gasteiger partial charge on any atom is -0.493 e. The second-order valence-electron chi connectivity index (χ2n) is 2.53. The standard InChI is InChI=1S/C9H12N2O3/c1-13-7-5-3-4-6(8(7)14-2)9(10)11-12/h3-5,12H,1-2H3,(H2,10,11). The summed E-state index contributed by atoms with van der Waals surface area (Å²) in [6.45, 7) is 0. The number of hydrogen-bond acceptors (Lipinski definition) is 4. The molecule has 0 aliphatic carbocycles. The van der Waals surface area contributed by atoms with E-state index in [4.69, 9.17) is 20.1 Å². The average Bonchev–Trinajstić information content (AvgIpc) is 2.26. The summed E-state index contributed by atoms with van der Waals surface area (Å²) in [5, 5.41) is 16.0. The molecule has 1 aromatic carbocycles. The van der Waals surface area contributed by atoms with Crippen LogP contribution in [0.4, 0.5) is 0 Å². The van der Waals surface area contributed by atoms with Crippen LogP contribution in [0.15, 0.2) is 18.2 Å². The van der Waals surface area contributed by atoms with Gasteiger partial charge in [-0.25, -0.2) is 0 Å². The molecule has 76 valence electrons. The van der Waals surface area contributed by atoms with Crippen molar-refractivity contribution >= 4 is 5.84 Å². The summed E-state index contributed by atoms with van der Waals surface area (Å²) < 4.78 is 10.1. The summed E-state index contributed by atoms with van der Waals surface area (Å²) in [6, 6.07) is 5.07. The number of hydroxylamine groups is 1. The van der Waals surface area contributed by atoms with E-state index in [1.807, 2.05) is 0 Å². The third-order valence-corrected chi connectivity index (χ3v) is 1.78. The summed E-state index contributed by atoms with van der Waals surface area (Å²) in [5.41, 5.74) is 2.19. The van der Waals surface area contributed by atoms with Crippen LogP contribution in [0.3, 0.4) is 0 Å². The summed E-state index contributed by atoms with van der Waals surface area (Å²) in [5.74, 6) is 0.798. The first-order valence-electron chi connectivity index (χ1n) is 3.94. The second-order valence-corrected chi connectivity index (χ2v) is 2.53. The van der Waals surface area contributed by atoms with Gasteiger partial charge in [-0.3, -0.25) is 16.1 Å². The van der Waals surface area contributed by atoms with Gasteiger partial charge >= 0.3 is 0 Å². The molecule has 0 bridgehead atoms. The number of methoxy groups -OCH3 is 2. The van der Waals surface area contributed by atoms with Gasteiger partial charge in [0, 0.05) is 0 Å². The maximum absolute atomic E-state index is 8.60. The van der Waals surface area contributed by atoms with Crippen LogP contribution in [-0.2, 0) is 0 Å². The molecule has 0 saturated carbocycles. The zero-order chi connectivity index (χ0) is 10.6. The highest BCUT2D eigenvalue weighted by molar-refractivity contribution is 5.98. The monoisotopic (exact) mass is 196 g/mol. The Morgan fingerprint density at radius 3 is 2.57 bits per heavy atom. The third-order valence-electron chi connectivity index (χ3n) is 1.78. The Kier molecular flexibility index (Phi) is 3.30. The van der Waals surface area contributed by atoms with E-state index in [0.717, 1.165) is 0 Å². The largest absolute Gasteiger partial charge is 0.493 e. The van der Waals surface area contributed by atoms with Crippen molar-refractivity contribution in [2.24, 2.45) is 0 Å². The minimum absolute atomic E-state index is 0.138. The van der Waals surface area contributed by atoms with E-state index in [2.05, 4.69) is 0 Å². The van der Waals surface area contributed by atoms with Gasteiger partial charge in [0.05, 0.1) is 19.8 Å². The summed E-state index contributed by atoms with van der Waals surface area (Å²) in [7, 11) is 2.99. The van der Waals surface area contributed by atoms with Crippen molar-refractivity contribution in [1.82, 2.24) is 5.48 Å². The number of hydrogen-bond donors (Lipinski definition) is 3. The number of amidine groups is 1. The first kappa shape index (κ1) is 10.3. The molecule has 0 radical (unpaired) electrons. The Labute approximate surface area is 81.7 Å². The fourth-order valence-corrected chi connectivity index (χ4v) is 1.14. The molecule has 14 heavy (non-hydrogen) atoms. The quantitative estimate of drug-likeness (QED) is 0.383. The van der Waals surface area contributed by atoms with Crippen molar-refractivity contribution in [3.8, 4) is 11.5 Å². The molecule has 0 aliphatic heterocycles. The first-order valence-corrected chi connectivity index (χ1v) is 3.94. The van der Waals surface area contributed by atoms with Crippen LogP contribution >= 0.6 is 0 Å². The molecule has 5 heteroatoms. The van der Waals surface area contributed by atoms with Crippen molar-refractivity contribution < 1.29 is 14.7 Å². The van der Waals surface area contributed by atoms with E-state index >= 15 is 0 Å². The van der Waals surface area contributed by atoms with Gasteiger partial charge in [-0.05, 0) is 12.1 Å². The van der Waals surface area contributed by atoms with Crippen LogP contribution in [0.1, 0.15) is 5.56 Å². The molecule has 0 saturated heterocycles. The molecule has 1 rings (SSSR count). The van der Waals surface area contributed by atoms with Crippen molar-refractivity contribution in [3.05, 3.63) is 23.8 Å². The number of rotatable bonds is 3. The molecular weight excluding hydrogens is 184 g/mol. The van der Waals surface area contributed by atoms with Crippen molar-refractivity contribution in [1.29, 1.82) is 5.41 Å². The van der Waals surface area contributed by atoms with Crippen LogP contribution in [0, 0.1) is 5.41 Å². The lowest BCUT2D eigenvalue weighted by molar-refractivity contribution is 0.233. The Morgan fingerprint density at radius 2 is 2.07 bits per heavy atom. The molecule has 3 N–H and O–H groups in total. The lowest BCUT2D eigenvalue weighted by atomic mass is 10.1. The summed E-state index contributed by atoms with van der Waals surface area (Å²) in [6.07, 6.45) is 0. The van der Waals surface area contributed by atoms with E-state index in [1.165, 1.54) is 14.2 Å². The predicted molar refractivity (Wildman–Crippen MR) is 51.3 cm³/mol. The van der Waals surface area contributed by atoms with Crippen LogP contribution in [0.5, 0.6) is 11.5 Å². The predicted octanol–water partition coefficient (Wildman–Crippen LogP) is 1.01. The Hall–Kier alpha value is -1.75. The summed E-state index contributed by atoms with van der Waals surface area (Å²) >= 11 is 0. The van der Waals surface area contributed by atoms with E-state index in [0.29, 0.717) is 17.1 Å². The Morgan fingerprint density at radius 1 is 1.36 bits per heavy atom. The van der Waals surface area contributed by atoms with E-state index in [1.54, 1.807) is 23.7 Å². The van der Waals surface area contributed by atoms with Gasteiger partial charge in [0.15, 0.2) is 17.3 Å². The lowest BCUT2D eigenvalue weighted by Crippen LogP contribution is -2.19. The molecular formula is C9H12N2O3. The second kappa shape index (κ2) is 4.48. The Balaban J connectivity index is 3.21. The van der Waals surface area contributed by atoms with E-state index in [-0.39, 0.29) is 5.84 Å². The molecule has 0 fully saturated rings. The molecule has 0 atom stereocenters. The lowest BCUT2D eigenvalue weighted by Gasteiger charge is -2.11. The highest BCUT2D eigenvalue weighted by Crippen LogP contribution is 2.30. The van der Waals surface area contributed by atoms with Gasteiger partial charge in [0.1, 0.15) is 0 Å². The molecule has 5 nitrogen and oxygen atoms in total. The number of ether oxygens (including phenoxy) is 2. The normalized spacial score (nSPS) is 9.36. The topological polar surface area (TPSA) is 74.6 Å².